The lowest BCUT2D eigenvalue weighted by Crippen LogP contribution is -2.36. The molecule has 0 aliphatic rings. The number of aryl methyl sites for hydroxylation is 1. The van der Waals surface area contributed by atoms with E-state index in [1.807, 2.05) is 26.2 Å². The molecule has 2 aromatic rings. The molecule has 5 heteroatoms. The number of nitrogens with zero attached hydrogens (tertiary/aromatic N) is 2. The van der Waals surface area contributed by atoms with E-state index in [9.17, 15) is 0 Å². The number of rotatable bonds is 4. The summed E-state index contributed by atoms with van der Waals surface area (Å²) in [6.07, 6.45) is 1.59. The summed E-state index contributed by atoms with van der Waals surface area (Å²) >= 11 is 1.63. The van der Waals surface area contributed by atoms with Crippen LogP contribution in [0.15, 0.2) is 15.3 Å². The maximum atomic E-state index is 6.24. The molecule has 4 nitrogen and oxygen atoms in total. The lowest BCUT2D eigenvalue weighted by atomic mass is 9.93. The SMILES string of the molecule is CCC(N)(CC)c1noc(-c2cscc2C)n1. The summed E-state index contributed by atoms with van der Waals surface area (Å²) < 4.78 is 5.31. The first kappa shape index (κ1) is 12.3. The fourth-order valence-electron chi connectivity index (χ4n) is 1.68. The molecule has 2 aromatic heterocycles. The molecule has 0 spiro atoms. The Balaban J connectivity index is 2.37. The van der Waals surface area contributed by atoms with Gasteiger partial charge in [-0.2, -0.15) is 16.3 Å². The monoisotopic (exact) mass is 251 g/mol. The summed E-state index contributed by atoms with van der Waals surface area (Å²) in [5, 5.41) is 8.10. The van der Waals surface area contributed by atoms with Gasteiger partial charge in [0.15, 0.2) is 5.82 Å². The lowest BCUT2D eigenvalue weighted by molar-refractivity contribution is 0.350. The highest BCUT2D eigenvalue weighted by Gasteiger charge is 2.29. The third-order valence-corrected chi connectivity index (χ3v) is 4.08. The second kappa shape index (κ2) is 4.58. The molecule has 0 atom stereocenters. The van der Waals surface area contributed by atoms with Gasteiger partial charge in [0.05, 0.1) is 11.1 Å². The van der Waals surface area contributed by atoms with Gasteiger partial charge in [0.1, 0.15) is 0 Å². The Labute approximate surface area is 105 Å². The van der Waals surface area contributed by atoms with Crippen LogP contribution in [0, 0.1) is 6.92 Å². The van der Waals surface area contributed by atoms with Crippen molar-refractivity contribution in [3.63, 3.8) is 0 Å². The molecule has 17 heavy (non-hydrogen) atoms. The van der Waals surface area contributed by atoms with Gasteiger partial charge in [-0.3, -0.25) is 0 Å². The lowest BCUT2D eigenvalue weighted by Gasteiger charge is -2.21. The Morgan fingerprint density at radius 2 is 2.06 bits per heavy atom. The molecule has 0 fully saturated rings. The van der Waals surface area contributed by atoms with E-state index in [1.165, 1.54) is 0 Å². The Morgan fingerprint density at radius 1 is 1.35 bits per heavy atom. The minimum atomic E-state index is -0.480. The maximum Gasteiger partial charge on any atom is 0.259 e. The largest absolute Gasteiger partial charge is 0.334 e. The minimum absolute atomic E-state index is 0.480. The number of aromatic nitrogens is 2. The standard InChI is InChI=1S/C12H17N3OS/c1-4-12(13,5-2)11-14-10(16-15-11)9-7-17-6-8(9)3/h6-7H,4-5,13H2,1-3H3. The van der Waals surface area contributed by atoms with Crippen molar-refractivity contribution in [1.29, 1.82) is 0 Å². The van der Waals surface area contributed by atoms with E-state index in [-0.39, 0.29) is 0 Å². The van der Waals surface area contributed by atoms with E-state index >= 15 is 0 Å². The average Bonchev–Trinajstić information content (AvgIpc) is 2.96. The van der Waals surface area contributed by atoms with E-state index in [1.54, 1.807) is 11.3 Å². The highest BCUT2D eigenvalue weighted by molar-refractivity contribution is 7.08. The molecule has 0 saturated carbocycles. The van der Waals surface area contributed by atoms with Crippen LogP contribution < -0.4 is 5.73 Å². The van der Waals surface area contributed by atoms with Gasteiger partial charge in [0, 0.05) is 5.38 Å². The minimum Gasteiger partial charge on any atom is -0.334 e. The highest BCUT2D eigenvalue weighted by atomic mass is 32.1. The molecule has 2 heterocycles. The number of hydrogen-bond donors (Lipinski definition) is 1. The van der Waals surface area contributed by atoms with Gasteiger partial charge in [0.2, 0.25) is 0 Å². The zero-order valence-corrected chi connectivity index (χ0v) is 11.2. The van der Waals surface area contributed by atoms with Crippen LogP contribution in [-0.4, -0.2) is 10.1 Å². The third-order valence-electron chi connectivity index (χ3n) is 3.22. The van der Waals surface area contributed by atoms with Crippen molar-refractivity contribution in [2.45, 2.75) is 39.2 Å². The molecule has 0 saturated heterocycles. The van der Waals surface area contributed by atoms with Crippen LogP contribution in [0.1, 0.15) is 38.1 Å². The summed E-state index contributed by atoms with van der Waals surface area (Å²) in [7, 11) is 0. The molecule has 0 aliphatic carbocycles. The molecular formula is C12H17N3OS. The van der Waals surface area contributed by atoms with Crippen molar-refractivity contribution in [2.75, 3.05) is 0 Å². The van der Waals surface area contributed by atoms with Gasteiger partial charge in [-0.25, -0.2) is 0 Å². The summed E-state index contributed by atoms with van der Waals surface area (Å²) in [5.74, 6) is 1.17. The van der Waals surface area contributed by atoms with Crippen molar-refractivity contribution in [3.05, 3.63) is 22.1 Å². The van der Waals surface area contributed by atoms with Crippen molar-refractivity contribution in [3.8, 4) is 11.5 Å². The van der Waals surface area contributed by atoms with Gasteiger partial charge in [-0.1, -0.05) is 19.0 Å². The average molecular weight is 251 g/mol. The van der Waals surface area contributed by atoms with Crippen LogP contribution in [0.25, 0.3) is 11.5 Å². The van der Waals surface area contributed by atoms with E-state index in [0.29, 0.717) is 11.7 Å². The van der Waals surface area contributed by atoms with Crippen LogP contribution >= 0.6 is 11.3 Å². The second-order valence-electron chi connectivity index (χ2n) is 4.25. The van der Waals surface area contributed by atoms with Crippen molar-refractivity contribution >= 4 is 11.3 Å². The normalized spacial score (nSPS) is 12.0. The van der Waals surface area contributed by atoms with Crippen molar-refractivity contribution in [2.24, 2.45) is 5.73 Å². The van der Waals surface area contributed by atoms with E-state index in [4.69, 9.17) is 10.3 Å². The fraction of sp³-hybridized carbons (Fsp3) is 0.500. The van der Waals surface area contributed by atoms with Gasteiger partial charge < -0.3 is 10.3 Å². The van der Waals surface area contributed by atoms with Crippen LogP contribution in [0.4, 0.5) is 0 Å². The van der Waals surface area contributed by atoms with Crippen molar-refractivity contribution < 1.29 is 4.52 Å². The molecule has 0 amide bonds. The molecule has 0 unspecified atom stereocenters. The van der Waals surface area contributed by atoms with Crippen molar-refractivity contribution in [1.82, 2.24) is 10.1 Å². The number of nitrogens with two attached hydrogens (primary N) is 1. The van der Waals surface area contributed by atoms with Gasteiger partial charge in [0.25, 0.3) is 5.89 Å². The number of thiophene rings is 1. The van der Waals surface area contributed by atoms with E-state index < -0.39 is 5.54 Å². The van der Waals surface area contributed by atoms with Crippen LogP contribution in [0.5, 0.6) is 0 Å². The summed E-state index contributed by atoms with van der Waals surface area (Å²) in [5.41, 5.74) is 7.92. The molecule has 92 valence electrons. The Kier molecular flexibility index (Phi) is 3.31. The zero-order valence-electron chi connectivity index (χ0n) is 10.4. The summed E-state index contributed by atoms with van der Waals surface area (Å²) in [6.45, 7) is 6.11. The van der Waals surface area contributed by atoms with E-state index in [2.05, 4.69) is 15.5 Å². The predicted molar refractivity (Wildman–Crippen MR) is 68.8 cm³/mol. The molecule has 0 aliphatic heterocycles. The van der Waals surface area contributed by atoms with Gasteiger partial charge in [-0.05, 0) is 30.7 Å². The summed E-state index contributed by atoms with van der Waals surface area (Å²) in [4.78, 5) is 4.43. The molecule has 0 aromatic carbocycles. The first-order chi connectivity index (χ1) is 8.10. The maximum absolute atomic E-state index is 6.24. The van der Waals surface area contributed by atoms with Crippen LogP contribution in [0.3, 0.4) is 0 Å². The zero-order chi connectivity index (χ0) is 12.5. The molecule has 2 N–H and O–H groups in total. The predicted octanol–water partition coefficient (Wildman–Crippen LogP) is 3.08. The first-order valence-electron chi connectivity index (χ1n) is 5.77. The summed E-state index contributed by atoms with van der Waals surface area (Å²) in [6, 6.07) is 0. The molecule has 0 radical (unpaired) electrons. The smallest absolute Gasteiger partial charge is 0.259 e. The van der Waals surface area contributed by atoms with E-state index in [0.717, 1.165) is 24.0 Å². The Bertz CT molecular complexity index is 499. The quantitative estimate of drug-likeness (QED) is 0.907. The first-order valence-corrected chi connectivity index (χ1v) is 6.71. The molecule has 2 rings (SSSR count). The van der Waals surface area contributed by atoms with Crippen LogP contribution in [-0.2, 0) is 5.54 Å². The van der Waals surface area contributed by atoms with Gasteiger partial charge in [-0.15, -0.1) is 0 Å². The molecular weight excluding hydrogens is 234 g/mol. The highest BCUT2D eigenvalue weighted by Crippen LogP contribution is 2.29. The van der Waals surface area contributed by atoms with Crippen LogP contribution in [0.2, 0.25) is 0 Å². The topological polar surface area (TPSA) is 64.9 Å². The Hall–Kier alpha value is -1.20. The number of hydrogen-bond acceptors (Lipinski definition) is 5. The third kappa shape index (κ3) is 2.12. The fourth-order valence-corrected chi connectivity index (χ4v) is 2.50. The molecule has 0 bridgehead atoms. The Morgan fingerprint density at radius 3 is 2.59 bits per heavy atom. The van der Waals surface area contributed by atoms with Gasteiger partial charge >= 0.3 is 0 Å². The second-order valence-corrected chi connectivity index (χ2v) is 5.00.